The molecule has 1 aliphatic rings. The summed E-state index contributed by atoms with van der Waals surface area (Å²) >= 11 is 1.66. The van der Waals surface area contributed by atoms with Crippen molar-refractivity contribution in [2.45, 2.75) is 58.2 Å². The Kier molecular flexibility index (Phi) is 5.83. The summed E-state index contributed by atoms with van der Waals surface area (Å²) < 4.78 is 23.7. The van der Waals surface area contributed by atoms with Gasteiger partial charge in [0.15, 0.2) is 15.8 Å². The van der Waals surface area contributed by atoms with E-state index in [4.69, 9.17) is 4.99 Å². The molecule has 1 aromatic heterocycles. The van der Waals surface area contributed by atoms with Crippen molar-refractivity contribution in [3.63, 3.8) is 0 Å². The van der Waals surface area contributed by atoms with Gasteiger partial charge in [-0.1, -0.05) is 20.8 Å². The first-order valence-electron chi connectivity index (χ1n) is 8.67. The van der Waals surface area contributed by atoms with E-state index < -0.39 is 14.6 Å². The molecule has 0 atom stereocenters. The maximum atomic E-state index is 12.2. The van der Waals surface area contributed by atoms with Gasteiger partial charge in [0.1, 0.15) is 0 Å². The van der Waals surface area contributed by atoms with Crippen LogP contribution in [0.1, 0.15) is 52.2 Å². The molecular formula is C17H30N4O2S2. The zero-order valence-corrected chi connectivity index (χ0v) is 17.7. The predicted molar refractivity (Wildman–Crippen MR) is 105 cm³/mol. The van der Waals surface area contributed by atoms with Gasteiger partial charge in [0, 0.05) is 30.4 Å². The lowest BCUT2D eigenvalue weighted by atomic mass is 9.98. The van der Waals surface area contributed by atoms with Gasteiger partial charge in [0.2, 0.25) is 0 Å². The Bertz CT molecular complexity index is 730. The molecular weight excluding hydrogens is 356 g/mol. The molecule has 0 aliphatic carbocycles. The molecule has 0 unspecified atom stereocenters. The summed E-state index contributed by atoms with van der Waals surface area (Å²) in [4.78, 5) is 11.4. The molecule has 2 rings (SSSR count). The van der Waals surface area contributed by atoms with Crippen LogP contribution in [0.5, 0.6) is 0 Å². The van der Waals surface area contributed by atoms with E-state index >= 15 is 0 Å². The number of hydrogen-bond donors (Lipinski definition) is 1. The molecule has 0 bridgehead atoms. The van der Waals surface area contributed by atoms with E-state index in [1.165, 1.54) is 0 Å². The van der Waals surface area contributed by atoms with Crippen molar-refractivity contribution in [2.24, 2.45) is 4.99 Å². The van der Waals surface area contributed by atoms with Gasteiger partial charge >= 0.3 is 0 Å². The van der Waals surface area contributed by atoms with Gasteiger partial charge in [-0.15, -0.1) is 11.3 Å². The van der Waals surface area contributed by atoms with Crippen LogP contribution in [0.4, 0.5) is 0 Å². The van der Waals surface area contributed by atoms with Crippen molar-refractivity contribution in [3.8, 4) is 0 Å². The van der Waals surface area contributed by atoms with E-state index in [1.807, 2.05) is 11.8 Å². The van der Waals surface area contributed by atoms with E-state index in [2.05, 4.69) is 36.5 Å². The SMILES string of the molecule is CCNC(=NCc1csc(C(C)(C)C)n1)N1CCS(=O)(=O)C(C)(C)C1. The summed E-state index contributed by atoms with van der Waals surface area (Å²) in [5, 5.41) is 6.44. The molecule has 0 amide bonds. The van der Waals surface area contributed by atoms with Gasteiger partial charge in [0.05, 0.1) is 27.7 Å². The molecule has 142 valence electrons. The van der Waals surface area contributed by atoms with Crippen LogP contribution in [0, 0.1) is 0 Å². The molecule has 0 radical (unpaired) electrons. The summed E-state index contributed by atoms with van der Waals surface area (Å²) in [5.74, 6) is 0.922. The Hall–Kier alpha value is -1.15. The van der Waals surface area contributed by atoms with Gasteiger partial charge in [-0.2, -0.15) is 0 Å². The van der Waals surface area contributed by atoms with Crippen molar-refractivity contribution in [1.82, 2.24) is 15.2 Å². The van der Waals surface area contributed by atoms with Crippen LogP contribution in [0.2, 0.25) is 0 Å². The van der Waals surface area contributed by atoms with Gasteiger partial charge in [-0.25, -0.2) is 18.4 Å². The Morgan fingerprint density at radius 3 is 2.64 bits per heavy atom. The fourth-order valence-electron chi connectivity index (χ4n) is 2.63. The van der Waals surface area contributed by atoms with Gasteiger partial charge < -0.3 is 10.2 Å². The number of hydrogen-bond acceptors (Lipinski definition) is 5. The molecule has 8 heteroatoms. The van der Waals surface area contributed by atoms with E-state index in [9.17, 15) is 8.42 Å². The molecule has 1 N–H and O–H groups in total. The standard InChI is InChI=1S/C17H30N4O2S2/c1-7-18-15(21-8-9-25(22,23)17(5,6)12-21)19-10-13-11-24-14(20-13)16(2,3)4/h11H,7-10,12H2,1-6H3,(H,18,19). The Morgan fingerprint density at radius 1 is 1.44 bits per heavy atom. The third-order valence-corrected chi connectivity index (χ3v) is 8.11. The first-order chi connectivity index (χ1) is 11.5. The average Bonchev–Trinajstić information content (AvgIpc) is 2.95. The van der Waals surface area contributed by atoms with Crippen LogP contribution in [-0.2, 0) is 21.8 Å². The van der Waals surface area contributed by atoms with E-state index in [1.54, 1.807) is 25.2 Å². The molecule has 6 nitrogen and oxygen atoms in total. The van der Waals surface area contributed by atoms with Crippen LogP contribution >= 0.6 is 11.3 Å². The zero-order valence-electron chi connectivity index (χ0n) is 16.1. The molecule has 1 aliphatic heterocycles. The smallest absolute Gasteiger partial charge is 0.194 e. The van der Waals surface area contributed by atoms with E-state index in [-0.39, 0.29) is 11.2 Å². The van der Waals surface area contributed by atoms with Crippen molar-refractivity contribution in [2.75, 3.05) is 25.4 Å². The highest BCUT2D eigenvalue weighted by Crippen LogP contribution is 2.26. The van der Waals surface area contributed by atoms with E-state index in [0.29, 0.717) is 19.6 Å². The normalized spacial score (nSPS) is 20.6. The molecule has 0 saturated carbocycles. The second-order valence-corrected chi connectivity index (χ2v) is 11.7. The third-order valence-electron chi connectivity index (χ3n) is 4.26. The number of sulfone groups is 1. The molecule has 25 heavy (non-hydrogen) atoms. The number of thiazole rings is 1. The summed E-state index contributed by atoms with van der Waals surface area (Å²) in [7, 11) is -3.06. The minimum absolute atomic E-state index is 0.0440. The first kappa shape index (κ1) is 20.2. The highest BCUT2D eigenvalue weighted by molar-refractivity contribution is 7.92. The first-order valence-corrected chi connectivity index (χ1v) is 11.2. The number of rotatable bonds is 3. The fraction of sp³-hybridized carbons (Fsp3) is 0.765. The molecule has 0 aromatic carbocycles. The average molecular weight is 387 g/mol. The molecule has 1 saturated heterocycles. The van der Waals surface area contributed by atoms with Crippen molar-refractivity contribution in [3.05, 3.63) is 16.1 Å². The lowest BCUT2D eigenvalue weighted by Crippen LogP contribution is -2.57. The van der Waals surface area contributed by atoms with Crippen LogP contribution < -0.4 is 5.32 Å². The monoisotopic (exact) mass is 386 g/mol. The molecule has 0 spiro atoms. The summed E-state index contributed by atoms with van der Waals surface area (Å²) in [6, 6.07) is 0. The van der Waals surface area contributed by atoms with Crippen molar-refractivity contribution in [1.29, 1.82) is 0 Å². The highest BCUT2D eigenvalue weighted by Gasteiger charge is 2.40. The van der Waals surface area contributed by atoms with Gasteiger partial charge in [0.25, 0.3) is 0 Å². The zero-order chi connectivity index (χ0) is 18.9. The van der Waals surface area contributed by atoms with Crippen LogP contribution in [0.3, 0.4) is 0 Å². The van der Waals surface area contributed by atoms with Crippen LogP contribution in [0.15, 0.2) is 10.4 Å². The van der Waals surface area contributed by atoms with Crippen molar-refractivity contribution < 1.29 is 8.42 Å². The molecule has 1 aromatic rings. The van der Waals surface area contributed by atoms with Crippen LogP contribution in [-0.4, -0.2) is 54.4 Å². The predicted octanol–water partition coefficient (Wildman–Crippen LogP) is 2.42. The quantitative estimate of drug-likeness (QED) is 0.638. The number of aromatic nitrogens is 1. The summed E-state index contributed by atoms with van der Waals surface area (Å²) in [6.07, 6.45) is 0. The van der Waals surface area contributed by atoms with Gasteiger partial charge in [-0.3, -0.25) is 0 Å². The van der Waals surface area contributed by atoms with Crippen LogP contribution in [0.25, 0.3) is 0 Å². The van der Waals surface area contributed by atoms with E-state index in [0.717, 1.165) is 23.2 Å². The van der Waals surface area contributed by atoms with Crippen molar-refractivity contribution >= 4 is 27.1 Å². The molecule has 1 fully saturated rings. The maximum Gasteiger partial charge on any atom is 0.194 e. The number of nitrogens with one attached hydrogen (secondary N) is 1. The minimum atomic E-state index is -3.06. The summed E-state index contributed by atoms with van der Waals surface area (Å²) in [6.45, 7) is 14.2. The largest absolute Gasteiger partial charge is 0.357 e. The Morgan fingerprint density at radius 2 is 2.12 bits per heavy atom. The van der Waals surface area contributed by atoms with Gasteiger partial charge in [-0.05, 0) is 20.8 Å². The Balaban J connectivity index is 2.15. The second kappa shape index (κ2) is 7.23. The minimum Gasteiger partial charge on any atom is -0.357 e. The highest BCUT2D eigenvalue weighted by atomic mass is 32.2. The topological polar surface area (TPSA) is 74.7 Å². The lowest BCUT2D eigenvalue weighted by molar-refractivity contribution is 0.353. The maximum absolute atomic E-state index is 12.2. The Labute approximate surface area is 155 Å². The summed E-state index contributed by atoms with van der Waals surface area (Å²) in [5.41, 5.74) is 0.997. The third kappa shape index (κ3) is 4.73. The second-order valence-electron chi connectivity index (χ2n) is 8.06. The lowest BCUT2D eigenvalue weighted by Gasteiger charge is -2.39. The molecule has 2 heterocycles. The number of guanidine groups is 1. The number of aliphatic imine (C=N–C) groups is 1. The fourth-order valence-corrected chi connectivity index (χ4v) is 4.89. The number of nitrogens with zero attached hydrogens (tertiary/aromatic N) is 3.